The van der Waals surface area contributed by atoms with Gasteiger partial charge in [-0.25, -0.2) is 0 Å². The van der Waals surface area contributed by atoms with Gasteiger partial charge in [0.05, 0.1) is 12.6 Å². The first kappa shape index (κ1) is 16.5. The van der Waals surface area contributed by atoms with E-state index in [1.54, 1.807) is 0 Å². The Balaban J connectivity index is 2.09. The minimum atomic E-state index is -0.333. The summed E-state index contributed by atoms with van der Waals surface area (Å²) in [6.07, 6.45) is -0.333. The van der Waals surface area contributed by atoms with E-state index in [1.165, 1.54) is 0 Å². The standard InChI is InChI=1S/C17H24BrNO2/c1-12(2)19-15(17(3,4)11-18)14(16(19)20)21-10-13-8-6-5-7-9-13/h5-9,12,14-15H,10-11H2,1-4H3/t14-,15-/m0/s1. The van der Waals surface area contributed by atoms with Crippen LogP contribution in [0.1, 0.15) is 33.3 Å². The first-order chi connectivity index (χ1) is 9.88. The lowest BCUT2D eigenvalue weighted by Gasteiger charge is -2.55. The molecule has 1 aliphatic rings. The topological polar surface area (TPSA) is 29.5 Å². The number of benzene rings is 1. The van der Waals surface area contributed by atoms with E-state index in [0.717, 1.165) is 10.9 Å². The van der Waals surface area contributed by atoms with Crippen molar-refractivity contribution >= 4 is 21.8 Å². The summed E-state index contributed by atoms with van der Waals surface area (Å²) in [6, 6.07) is 10.3. The maximum absolute atomic E-state index is 12.4. The van der Waals surface area contributed by atoms with Crippen LogP contribution in [0, 0.1) is 5.41 Å². The summed E-state index contributed by atoms with van der Waals surface area (Å²) < 4.78 is 5.95. The van der Waals surface area contributed by atoms with Gasteiger partial charge in [-0.15, -0.1) is 0 Å². The molecule has 2 atom stereocenters. The lowest BCUT2D eigenvalue weighted by atomic mass is 9.75. The van der Waals surface area contributed by atoms with Gasteiger partial charge in [0, 0.05) is 11.4 Å². The molecule has 1 aromatic carbocycles. The van der Waals surface area contributed by atoms with Gasteiger partial charge in [0.25, 0.3) is 5.91 Å². The summed E-state index contributed by atoms with van der Waals surface area (Å²) in [7, 11) is 0. The molecule has 0 saturated carbocycles. The van der Waals surface area contributed by atoms with E-state index in [2.05, 4.69) is 43.6 Å². The lowest BCUT2D eigenvalue weighted by molar-refractivity contribution is -0.190. The van der Waals surface area contributed by atoms with Gasteiger partial charge in [-0.2, -0.15) is 0 Å². The van der Waals surface area contributed by atoms with Crippen LogP contribution < -0.4 is 0 Å². The largest absolute Gasteiger partial charge is 0.361 e. The Morgan fingerprint density at radius 3 is 2.43 bits per heavy atom. The van der Waals surface area contributed by atoms with Crippen molar-refractivity contribution in [1.29, 1.82) is 0 Å². The molecular formula is C17H24BrNO2. The molecule has 1 heterocycles. The van der Waals surface area contributed by atoms with Crippen LogP contribution >= 0.6 is 15.9 Å². The third kappa shape index (κ3) is 3.32. The quantitative estimate of drug-likeness (QED) is 0.577. The number of amides is 1. The molecule has 0 unspecified atom stereocenters. The van der Waals surface area contributed by atoms with Crippen molar-refractivity contribution < 1.29 is 9.53 Å². The van der Waals surface area contributed by atoms with Crippen LogP contribution in [0.5, 0.6) is 0 Å². The van der Waals surface area contributed by atoms with Crippen molar-refractivity contribution in [3.05, 3.63) is 35.9 Å². The van der Waals surface area contributed by atoms with Gasteiger partial charge in [-0.05, 0) is 24.8 Å². The molecule has 1 aliphatic heterocycles. The SMILES string of the molecule is CC(C)N1C(=O)[C@@H](OCc2ccccc2)[C@H]1C(C)(C)CBr. The number of hydrogen-bond donors (Lipinski definition) is 0. The second kappa shape index (κ2) is 6.49. The summed E-state index contributed by atoms with van der Waals surface area (Å²) in [5, 5.41) is 0.840. The van der Waals surface area contributed by atoms with Crippen LogP contribution in [0.4, 0.5) is 0 Å². The first-order valence-electron chi connectivity index (χ1n) is 7.42. The Bertz CT molecular complexity index is 487. The Kier molecular flexibility index (Phi) is 5.10. The fraction of sp³-hybridized carbons (Fsp3) is 0.588. The minimum absolute atomic E-state index is 0.0144. The van der Waals surface area contributed by atoms with Gasteiger partial charge in [0.2, 0.25) is 0 Å². The molecule has 1 fully saturated rings. The maximum atomic E-state index is 12.4. The zero-order valence-electron chi connectivity index (χ0n) is 13.2. The van der Waals surface area contributed by atoms with E-state index in [9.17, 15) is 4.79 Å². The van der Waals surface area contributed by atoms with Crippen molar-refractivity contribution in [3.8, 4) is 0 Å². The van der Waals surface area contributed by atoms with Crippen LogP contribution in [-0.4, -0.2) is 34.3 Å². The molecule has 116 valence electrons. The highest BCUT2D eigenvalue weighted by atomic mass is 79.9. The second-order valence-electron chi connectivity index (χ2n) is 6.62. The Labute approximate surface area is 135 Å². The van der Waals surface area contributed by atoms with Crippen molar-refractivity contribution in [3.63, 3.8) is 0 Å². The summed E-state index contributed by atoms with van der Waals surface area (Å²) in [6.45, 7) is 8.95. The molecule has 0 N–H and O–H groups in total. The van der Waals surface area contributed by atoms with Crippen LogP contribution in [0.3, 0.4) is 0 Å². The number of hydrogen-bond acceptors (Lipinski definition) is 2. The average Bonchev–Trinajstić information content (AvgIpc) is 2.45. The highest BCUT2D eigenvalue weighted by Gasteiger charge is 2.55. The molecule has 4 heteroatoms. The smallest absolute Gasteiger partial charge is 0.254 e. The number of alkyl halides is 1. The number of ether oxygens (including phenoxy) is 1. The molecule has 1 aromatic rings. The van der Waals surface area contributed by atoms with E-state index in [1.807, 2.05) is 35.2 Å². The number of likely N-dealkylation sites (tertiary alicyclic amines) is 1. The van der Waals surface area contributed by atoms with Gasteiger partial charge >= 0.3 is 0 Å². The van der Waals surface area contributed by atoms with Gasteiger partial charge in [0.15, 0.2) is 6.10 Å². The number of carbonyl (C=O) groups excluding carboxylic acids is 1. The Morgan fingerprint density at radius 2 is 1.90 bits per heavy atom. The lowest BCUT2D eigenvalue weighted by Crippen LogP contribution is -2.72. The van der Waals surface area contributed by atoms with Crippen LogP contribution in [-0.2, 0) is 16.1 Å². The van der Waals surface area contributed by atoms with Crippen LogP contribution in [0.2, 0.25) is 0 Å². The summed E-state index contributed by atoms with van der Waals surface area (Å²) in [5.41, 5.74) is 1.09. The molecule has 0 bridgehead atoms. The number of carbonyl (C=O) groups is 1. The average molecular weight is 354 g/mol. The molecule has 0 aromatic heterocycles. The summed E-state index contributed by atoms with van der Waals surface area (Å²) >= 11 is 3.57. The predicted molar refractivity (Wildman–Crippen MR) is 88.4 cm³/mol. The predicted octanol–water partition coefficient (Wildman–Crippen LogP) is 3.61. The molecular weight excluding hydrogens is 330 g/mol. The van der Waals surface area contributed by atoms with E-state index < -0.39 is 0 Å². The summed E-state index contributed by atoms with van der Waals surface area (Å²) in [5.74, 6) is 0.111. The van der Waals surface area contributed by atoms with E-state index in [-0.39, 0.29) is 29.5 Å². The fourth-order valence-corrected chi connectivity index (χ4v) is 3.18. The van der Waals surface area contributed by atoms with Gasteiger partial charge in [-0.1, -0.05) is 60.1 Å². The minimum Gasteiger partial charge on any atom is -0.361 e. The number of rotatable bonds is 6. The first-order valence-corrected chi connectivity index (χ1v) is 8.54. The molecule has 1 saturated heterocycles. The molecule has 21 heavy (non-hydrogen) atoms. The third-order valence-electron chi connectivity index (χ3n) is 4.06. The molecule has 0 spiro atoms. The zero-order chi connectivity index (χ0) is 15.6. The Hall–Kier alpha value is -0.870. The molecule has 0 aliphatic carbocycles. The van der Waals surface area contributed by atoms with Gasteiger partial charge in [-0.3, -0.25) is 4.79 Å². The Morgan fingerprint density at radius 1 is 1.29 bits per heavy atom. The second-order valence-corrected chi connectivity index (χ2v) is 7.18. The summed E-state index contributed by atoms with van der Waals surface area (Å²) in [4.78, 5) is 14.3. The van der Waals surface area contributed by atoms with Crippen LogP contribution in [0.25, 0.3) is 0 Å². The van der Waals surface area contributed by atoms with E-state index >= 15 is 0 Å². The van der Waals surface area contributed by atoms with Gasteiger partial charge < -0.3 is 9.64 Å². The van der Waals surface area contributed by atoms with E-state index in [4.69, 9.17) is 4.74 Å². The molecule has 1 amide bonds. The van der Waals surface area contributed by atoms with Crippen molar-refractivity contribution in [1.82, 2.24) is 4.90 Å². The van der Waals surface area contributed by atoms with E-state index in [0.29, 0.717) is 6.61 Å². The third-order valence-corrected chi connectivity index (χ3v) is 5.50. The monoisotopic (exact) mass is 353 g/mol. The van der Waals surface area contributed by atoms with Crippen LogP contribution in [0.15, 0.2) is 30.3 Å². The van der Waals surface area contributed by atoms with Crippen molar-refractivity contribution in [2.45, 2.75) is 52.5 Å². The highest BCUT2D eigenvalue weighted by molar-refractivity contribution is 9.09. The zero-order valence-corrected chi connectivity index (χ0v) is 14.8. The molecule has 0 radical (unpaired) electrons. The highest BCUT2D eigenvalue weighted by Crippen LogP contribution is 2.39. The molecule has 2 rings (SSSR count). The number of nitrogens with zero attached hydrogens (tertiary/aromatic N) is 1. The number of halogens is 1. The van der Waals surface area contributed by atoms with Crippen molar-refractivity contribution in [2.24, 2.45) is 5.41 Å². The fourth-order valence-electron chi connectivity index (χ4n) is 2.85. The number of β-lactam (4-membered cyclic amide) rings is 1. The molecule has 3 nitrogen and oxygen atoms in total. The normalized spacial score (nSPS) is 22.6. The maximum Gasteiger partial charge on any atom is 0.254 e. The van der Waals surface area contributed by atoms with Gasteiger partial charge in [0.1, 0.15) is 0 Å². The van der Waals surface area contributed by atoms with Crippen molar-refractivity contribution in [2.75, 3.05) is 5.33 Å².